The summed E-state index contributed by atoms with van der Waals surface area (Å²) < 4.78 is 17.9. The summed E-state index contributed by atoms with van der Waals surface area (Å²) in [7, 11) is 0. The molecule has 4 heteroatoms. The lowest BCUT2D eigenvalue weighted by Crippen LogP contribution is -2.27. The van der Waals surface area contributed by atoms with Crippen LogP contribution in [0.5, 0.6) is 0 Å². The van der Waals surface area contributed by atoms with Crippen molar-refractivity contribution in [2.24, 2.45) is 5.92 Å². The van der Waals surface area contributed by atoms with Crippen LogP contribution in [-0.2, 0) is 20.7 Å². The van der Waals surface area contributed by atoms with Gasteiger partial charge in [-0.15, -0.1) is 0 Å². The molecule has 0 saturated carbocycles. The molecule has 1 aromatic carbocycles. The Bertz CT molecular complexity index is 443. The molecule has 19 heavy (non-hydrogen) atoms. The molecule has 0 N–H and O–H groups in total. The van der Waals surface area contributed by atoms with E-state index in [-0.39, 0.29) is 24.6 Å². The predicted octanol–water partition coefficient (Wildman–Crippen LogP) is 2.92. The molecule has 0 heterocycles. The third-order valence-corrected chi connectivity index (χ3v) is 2.80. The van der Waals surface area contributed by atoms with Gasteiger partial charge in [0, 0.05) is 6.42 Å². The molecule has 0 spiro atoms. The van der Waals surface area contributed by atoms with Crippen LogP contribution in [0.25, 0.3) is 0 Å². The number of esters is 1. The Morgan fingerprint density at radius 2 is 2.05 bits per heavy atom. The van der Waals surface area contributed by atoms with Crippen molar-refractivity contribution >= 4 is 11.8 Å². The molecule has 104 valence electrons. The Morgan fingerprint density at radius 1 is 1.32 bits per heavy atom. The molecule has 1 rings (SSSR count). The molecule has 0 amide bonds. The van der Waals surface area contributed by atoms with Crippen LogP contribution >= 0.6 is 0 Å². The molecule has 1 unspecified atom stereocenters. The Balaban J connectivity index is 2.74. The van der Waals surface area contributed by atoms with Crippen LogP contribution in [0.15, 0.2) is 24.3 Å². The Labute approximate surface area is 112 Å². The van der Waals surface area contributed by atoms with E-state index >= 15 is 0 Å². The van der Waals surface area contributed by atoms with Gasteiger partial charge in [-0.3, -0.25) is 9.59 Å². The van der Waals surface area contributed by atoms with Gasteiger partial charge in [0.15, 0.2) is 5.78 Å². The SMILES string of the molecule is CCCC(C(=O)Cc1cccc(F)c1)C(=O)OCC. The molecule has 0 aliphatic carbocycles. The van der Waals surface area contributed by atoms with E-state index < -0.39 is 11.9 Å². The first-order valence-electron chi connectivity index (χ1n) is 6.52. The van der Waals surface area contributed by atoms with E-state index in [9.17, 15) is 14.0 Å². The van der Waals surface area contributed by atoms with E-state index in [0.29, 0.717) is 12.0 Å². The monoisotopic (exact) mass is 266 g/mol. The van der Waals surface area contributed by atoms with Crippen LogP contribution < -0.4 is 0 Å². The van der Waals surface area contributed by atoms with Gasteiger partial charge in [-0.25, -0.2) is 4.39 Å². The Kier molecular flexibility index (Phi) is 6.19. The van der Waals surface area contributed by atoms with Crippen molar-refractivity contribution in [3.8, 4) is 0 Å². The van der Waals surface area contributed by atoms with Gasteiger partial charge < -0.3 is 4.74 Å². The van der Waals surface area contributed by atoms with Crippen LogP contribution in [-0.4, -0.2) is 18.4 Å². The lowest BCUT2D eigenvalue weighted by molar-refractivity contribution is -0.151. The zero-order valence-corrected chi connectivity index (χ0v) is 11.3. The highest BCUT2D eigenvalue weighted by atomic mass is 19.1. The van der Waals surface area contributed by atoms with Crippen molar-refractivity contribution in [2.45, 2.75) is 33.1 Å². The number of halogens is 1. The third kappa shape index (κ3) is 4.81. The van der Waals surface area contributed by atoms with Gasteiger partial charge in [-0.2, -0.15) is 0 Å². The van der Waals surface area contributed by atoms with Gasteiger partial charge in [0.1, 0.15) is 11.7 Å². The molecule has 0 aromatic heterocycles. The summed E-state index contributed by atoms with van der Waals surface area (Å²) in [4.78, 5) is 23.8. The second-order valence-electron chi connectivity index (χ2n) is 4.37. The van der Waals surface area contributed by atoms with E-state index in [1.165, 1.54) is 12.1 Å². The number of benzene rings is 1. The molecule has 0 fully saturated rings. The smallest absolute Gasteiger partial charge is 0.316 e. The fourth-order valence-electron chi connectivity index (χ4n) is 1.91. The largest absolute Gasteiger partial charge is 0.465 e. The van der Waals surface area contributed by atoms with Gasteiger partial charge >= 0.3 is 5.97 Å². The average Bonchev–Trinajstić information content (AvgIpc) is 2.36. The summed E-state index contributed by atoms with van der Waals surface area (Å²) in [5.74, 6) is -1.82. The van der Waals surface area contributed by atoms with Crippen LogP contribution in [0.1, 0.15) is 32.3 Å². The van der Waals surface area contributed by atoms with Crippen molar-refractivity contribution < 1.29 is 18.7 Å². The third-order valence-electron chi connectivity index (χ3n) is 2.80. The second-order valence-corrected chi connectivity index (χ2v) is 4.37. The average molecular weight is 266 g/mol. The molecule has 0 bridgehead atoms. The predicted molar refractivity (Wildman–Crippen MR) is 70.1 cm³/mol. The topological polar surface area (TPSA) is 43.4 Å². The minimum Gasteiger partial charge on any atom is -0.465 e. The molecule has 0 radical (unpaired) electrons. The normalized spacial score (nSPS) is 11.9. The number of carbonyl (C=O) groups is 2. The first kappa shape index (κ1) is 15.3. The van der Waals surface area contributed by atoms with Crippen molar-refractivity contribution in [3.05, 3.63) is 35.6 Å². The number of carbonyl (C=O) groups excluding carboxylic acids is 2. The van der Waals surface area contributed by atoms with E-state index in [4.69, 9.17) is 4.74 Å². The molecule has 3 nitrogen and oxygen atoms in total. The fourth-order valence-corrected chi connectivity index (χ4v) is 1.91. The minimum absolute atomic E-state index is 0.0568. The van der Waals surface area contributed by atoms with Gasteiger partial charge in [0.2, 0.25) is 0 Å². The maximum Gasteiger partial charge on any atom is 0.316 e. The lowest BCUT2D eigenvalue weighted by Gasteiger charge is -2.13. The summed E-state index contributed by atoms with van der Waals surface area (Å²) in [6.45, 7) is 3.87. The van der Waals surface area contributed by atoms with Crippen molar-refractivity contribution in [1.29, 1.82) is 0 Å². The molecule has 1 aromatic rings. The van der Waals surface area contributed by atoms with Gasteiger partial charge in [-0.05, 0) is 31.0 Å². The highest BCUT2D eigenvalue weighted by molar-refractivity contribution is 5.99. The van der Waals surface area contributed by atoms with Crippen LogP contribution in [0.2, 0.25) is 0 Å². The van der Waals surface area contributed by atoms with Crippen LogP contribution in [0.3, 0.4) is 0 Å². The quantitative estimate of drug-likeness (QED) is 0.563. The zero-order valence-electron chi connectivity index (χ0n) is 11.3. The number of ether oxygens (including phenoxy) is 1. The van der Waals surface area contributed by atoms with Crippen molar-refractivity contribution in [1.82, 2.24) is 0 Å². The molecular formula is C15H19FO3. The zero-order chi connectivity index (χ0) is 14.3. The van der Waals surface area contributed by atoms with Gasteiger partial charge in [0.25, 0.3) is 0 Å². The standard InChI is InChI=1S/C15H19FO3/c1-3-6-13(15(18)19-4-2)14(17)10-11-7-5-8-12(16)9-11/h5,7-9,13H,3-4,6,10H2,1-2H3. The molecule has 1 atom stereocenters. The van der Waals surface area contributed by atoms with Crippen LogP contribution in [0, 0.1) is 11.7 Å². The second kappa shape index (κ2) is 7.67. The minimum atomic E-state index is -0.742. The van der Waals surface area contributed by atoms with Crippen LogP contribution in [0.4, 0.5) is 4.39 Å². The summed E-state index contributed by atoms with van der Waals surface area (Å²) in [5, 5.41) is 0. The summed E-state index contributed by atoms with van der Waals surface area (Å²) in [6.07, 6.45) is 1.24. The summed E-state index contributed by atoms with van der Waals surface area (Å²) >= 11 is 0. The highest BCUT2D eigenvalue weighted by Crippen LogP contribution is 2.14. The number of ketones is 1. The van der Waals surface area contributed by atoms with E-state index in [1.54, 1.807) is 19.1 Å². The first-order chi connectivity index (χ1) is 9.08. The van der Waals surface area contributed by atoms with Crippen molar-refractivity contribution in [3.63, 3.8) is 0 Å². The molecule has 0 aliphatic heterocycles. The molecular weight excluding hydrogens is 247 g/mol. The fraction of sp³-hybridized carbons (Fsp3) is 0.467. The van der Waals surface area contributed by atoms with Crippen molar-refractivity contribution in [2.75, 3.05) is 6.61 Å². The molecule has 0 saturated heterocycles. The summed E-state index contributed by atoms with van der Waals surface area (Å²) in [5.41, 5.74) is 0.579. The lowest BCUT2D eigenvalue weighted by atomic mass is 9.94. The maximum atomic E-state index is 13.0. The number of Topliss-reactive ketones (excluding diaryl/α,β-unsaturated/α-hetero) is 1. The summed E-state index contributed by atoms with van der Waals surface area (Å²) in [6, 6.07) is 5.86. The first-order valence-corrected chi connectivity index (χ1v) is 6.52. The number of hydrogen-bond donors (Lipinski definition) is 0. The number of hydrogen-bond acceptors (Lipinski definition) is 3. The number of rotatable bonds is 7. The van der Waals surface area contributed by atoms with E-state index in [2.05, 4.69) is 0 Å². The molecule has 0 aliphatic rings. The van der Waals surface area contributed by atoms with E-state index in [1.807, 2.05) is 6.92 Å². The van der Waals surface area contributed by atoms with E-state index in [0.717, 1.165) is 6.42 Å². The van der Waals surface area contributed by atoms with Gasteiger partial charge in [-0.1, -0.05) is 25.5 Å². The Morgan fingerprint density at radius 3 is 2.63 bits per heavy atom. The van der Waals surface area contributed by atoms with Gasteiger partial charge in [0.05, 0.1) is 6.61 Å². The maximum absolute atomic E-state index is 13.0. The highest BCUT2D eigenvalue weighted by Gasteiger charge is 2.26. The Hall–Kier alpha value is -1.71.